The molecule has 0 unspecified atom stereocenters. The Hall–Kier alpha value is -2.72. The predicted molar refractivity (Wildman–Crippen MR) is 121 cm³/mol. The summed E-state index contributed by atoms with van der Waals surface area (Å²) in [5, 5.41) is 7.87. The average Bonchev–Trinajstić information content (AvgIpc) is 3.09. The van der Waals surface area contributed by atoms with Gasteiger partial charge in [0.25, 0.3) is 0 Å². The van der Waals surface area contributed by atoms with E-state index in [9.17, 15) is 13.2 Å². The van der Waals surface area contributed by atoms with Crippen LogP contribution in [0.3, 0.4) is 0 Å². The lowest BCUT2D eigenvalue weighted by Gasteiger charge is -2.19. The van der Waals surface area contributed by atoms with E-state index < -0.39 is 15.9 Å². The van der Waals surface area contributed by atoms with Gasteiger partial charge in [0.2, 0.25) is 0 Å². The minimum absolute atomic E-state index is 0.0707. The number of nitrogens with zero attached hydrogens (tertiary/aromatic N) is 3. The maximum atomic E-state index is 12.9. The van der Waals surface area contributed by atoms with E-state index in [0.29, 0.717) is 17.4 Å². The second-order valence-corrected chi connectivity index (χ2v) is 9.72. The van der Waals surface area contributed by atoms with Crippen molar-refractivity contribution in [2.24, 2.45) is 5.92 Å². The summed E-state index contributed by atoms with van der Waals surface area (Å²) < 4.78 is 32.0. The Bertz CT molecular complexity index is 1190. The van der Waals surface area contributed by atoms with Crippen molar-refractivity contribution in [2.75, 3.05) is 23.0 Å². The van der Waals surface area contributed by atoms with Gasteiger partial charge in [-0.1, -0.05) is 32.7 Å². The third-order valence-corrected chi connectivity index (χ3v) is 5.97. The third kappa shape index (κ3) is 4.54. The smallest absolute Gasteiger partial charge is 0.336 e. The van der Waals surface area contributed by atoms with Gasteiger partial charge >= 0.3 is 6.03 Å². The summed E-state index contributed by atoms with van der Waals surface area (Å²) in [4.78, 5) is 12.9. The number of fused-ring (bicyclic) bond motifs is 1. The largest absolute Gasteiger partial charge is 0.495 e. The van der Waals surface area contributed by atoms with Gasteiger partial charge in [-0.15, -0.1) is 0 Å². The van der Waals surface area contributed by atoms with E-state index in [-0.39, 0.29) is 10.6 Å². The molecule has 2 aromatic carbocycles. The molecule has 2 amide bonds. The van der Waals surface area contributed by atoms with Gasteiger partial charge in [0.15, 0.2) is 9.84 Å². The Morgan fingerprint density at radius 3 is 2.67 bits per heavy atom. The van der Waals surface area contributed by atoms with Crippen molar-refractivity contribution in [2.45, 2.75) is 25.3 Å². The first-order chi connectivity index (χ1) is 14.1. The second-order valence-electron chi connectivity index (χ2n) is 7.31. The Kier molecular flexibility index (Phi) is 6.27. The van der Waals surface area contributed by atoms with Crippen LogP contribution in [0.4, 0.5) is 16.2 Å². The molecule has 0 aliphatic rings. The van der Waals surface area contributed by atoms with Crippen molar-refractivity contribution in [3.05, 3.63) is 42.6 Å². The van der Waals surface area contributed by atoms with Crippen molar-refractivity contribution >= 4 is 51.0 Å². The van der Waals surface area contributed by atoms with Crippen molar-refractivity contribution < 1.29 is 17.9 Å². The average molecular weight is 449 g/mol. The van der Waals surface area contributed by atoms with Crippen LogP contribution in [-0.2, 0) is 16.4 Å². The molecule has 1 N–H and O–H groups in total. The van der Waals surface area contributed by atoms with Gasteiger partial charge in [0.05, 0.1) is 35.1 Å². The highest BCUT2D eigenvalue weighted by molar-refractivity contribution is 7.90. The summed E-state index contributed by atoms with van der Waals surface area (Å²) in [6.45, 7) is 4.96. The number of thiol groups is 1. The van der Waals surface area contributed by atoms with Crippen molar-refractivity contribution in [3.8, 4) is 5.75 Å². The number of hydrogen-bond acceptors (Lipinski definition) is 6. The normalized spacial score (nSPS) is 11.7. The molecule has 3 aromatic rings. The van der Waals surface area contributed by atoms with Crippen LogP contribution in [0.2, 0.25) is 0 Å². The Morgan fingerprint density at radius 2 is 2.03 bits per heavy atom. The number of aromatic nitrogens is 2. The molecule has 1 heterocycles. The summed E-state index contributed by atoms with van der Waals surface area (Å²) in [5.74, 6) is 0.752. The van der Waals surface area contributed by atoms with Crippen molar-refractivity contribution in [3.63, 3.8) is 0 Å². The van der Waals surface area contributed by atoms with E-state index in [1.807, 2.05) is 16.8 Å². The molecule has 0 aliphatic carbocycles. The van der Waals surface area contributed by atoms with Crippen LogP contribution in [-0.4, -0.2) is 37.6 Å². The fourth-order valence-corrected chi connectivity index (χ4v) is 3.93. The van der Waals surface area contributed by atoms with Gasteiger partial charge in [-0.05, 0) is 36.2 Å². The monoisotopic (exact) mass is 448 g/mol. The molecular formula is C20H24N4O4S2. The highest BCUT2D eigenvalue weighted by atomic mass is 32.2. The van der Waals surface area contributed by atoms with Gasteiger partial charge < -0.3 is 10.1 Å². The summed E-state index contributed by atoms with van der Waals surface area (Å²) >= 11 is 4.37. The standard InChI is InChI=1S/C20H24N4O4S2/c1-13(2)12-23-17-6-5-7-18(15(17)11-21-23)24(29)20(25)22-16-10-14(30(4,26)27)8-9-19(16)28-3/h5-11,13,29H,12H2,1-4H3,(H,22,25). The highest BCUT2D eigenvalue weighted by Crippen LogP contribution is 2.31. The molecule has 10 heteroatoms. The summed E-state index contributed by atoms with van der Waals surface area (Å²) in [7, 11) is -2.01. The number of urea groups is 1. The van der Waals surface area contributed by atoms with E-state index in [2.05, 4.69) is 37.1 Å². The zero-order valence-corrected chi connectivity index (χ0v) is 18.9. The zero-order chi connectivity index (χ0) is 22.1. The number of amides is 2. The lowest BCUT2D eigenvalue weighted by atomic mass is 10.2. The zero-order valence-electron chi connectivity index (χ0n) is 17.2. The fraction of sp³-hybridized carbons (Fsp3) is 0.300. The minimum atomic E-state index is -3.45. The maximum absolute atomic E-state index is 12.9. The minimum Gasteiger partial charge on any atom is -0.495 e. The second kappa shape index (κ2) is 8.57. The number of sulfone groups is 1. The van der Waals surface area contributed by atoms with Crippen LogP contribution in [0.25, 0.3) is 10.9 Å². The number of hydrogen-bond donors (Lipinski definition) is 2. The molecule has 1 aromatic heterocycles. The van der Waals surface area contributed by atoms with E-state index in [0.717, 1.165) is 28.0 Å². The van der Waals surface area contributed by atoms with Gasteiger partial charge in [-0.25, -0.2) is 17.5 Å². The quantitative estimate of drug-likeness (QED) is 0.556. The maximum Gasteiger partial charge on any atom is 0.336 e. The topological polar surface area (TPSA) is 93.5 Å². The van der Waals surface area contributed by atoms with Crippen LogP contribution in [0.15, 0.2) is 47.5 Å². The van der Waals surface area contributed by atoms with E-state index >= 15 is 0 Å². The number of rotatable bonds is 6. The Labute approximate surface area is 181 Å². The summed E-state index contributed by atoms with van der Waals surface area (Å²) in [6, 6.07) is 9.24. The number of ether oxygens (including phenoxy) is 1. The molecule has 0 aliphatic heterocycles. The molecule has 0 bridgehead atoms. The highest BCUT2D eigenvalue weighted by Gasteiger charge is 2.20. The van der Waals surface area contributed by atoms with Crippen LogP contribution in [0.1, 0.15) is 13.8 Å². The first-order valence-electron chi connectivity index (χ1n) is 9.24. The number of carbonyl (C=O) groups excluding carboxylic acids is 1. The molecule has 160 valence electrons. The molecular weight excluding hydrogens is 424 g/mol. The number of carbonyl (C=O) groups is 1. The lowest BCUT2D eigenvalue weighted by Crippen LogP contribution is -2.27. The van der Waals surface area contributed by atoms with Crippen LogP contribution < -0.4 is 14.4 Å². The lowest BCUT2D eigenvalue weighted by molar-refractivity contribution is 0.260. The van der Waals surface area contributed by atoms with Crippen LogP contribution in [0.5, 0.6) is 5.75 Å². The molecule has 0 radical (unpaired) electrons. The van der Waals surface area contributed by atoms with E-state index in [1.165, 1.54) is 25.3 Å². The van der Waals surface area contributed by atoms with Crippen LogP contribution in [0, 0.1) is 5.92 Å². The van der Waals surface area contributed by atoms with Gasteiger partial charge in [-0.2, -0.15) is 5.10 Å². The van der Waals surface area contributed by atoms with Crippen molar-refractivity contribution in [1.82, 2.24) is 9.78 Å². The van der Waals surface area contributed by atoms with Gasteiger partial charge in [0.1, 0.15) is 5.75 Å². The first-order valence-corrected chi connectivity index (χ1v) is 11.5. The summed E-state index contributed by atoms with van der Waals surface area (Å²) in [6.07, 6.45) is 2.80. The molecule has 0 saturated carbocycles. The summed E-state index contributed by atoms with van der Waals surface area (Å²) in [5.41, 5.74) is 1.68. The van der Waals surface area contributed by atoms with E-state index in [1.54, 1.807) is 12.3 Å². The molecule has 30 heavy (non-hydrogen) atoms. The molecule has 3 rings (SSSR count). The Balaban J connectivity index is 1.93. The number of anilines is 2. The molecule has 8 nitrogen and oxygen atoms in total. The third-order valence-electron chi connectivity index (χ3n) is 4.46. The molecule has 0 saturated heterocycles. The molecule has 0 spiro atoms. The predicted octanol–water partition coefficient (Wildman–Crippen LogP) is 3.99. The fourth-order valence-electron chi connectivity index (χ4n) is 3.06. The van der Waals surface area contributed by atoms with Gasteiger partial charge in [0, 0.05) is 18.2 Å². The number of nitrogens with one attached hydrogen (secondary N) is 1. The van der Waals surface area contributed by atoms with Crippen LogP contribution >= 0.6 is 12.8 Å². The molecule has 0 fully saturated rings. The van der Waals surface area contributed by atoms with Gasteiger partial charge in [-0.3, -0.25) is 4.68 Å². The van der Waals surface area contributed by atoms with E-state index in [4.69, 9.17) is 4.74 Å². The SMILES string of the molecule is COc1ccc(S(C)(=O)=O)cc1NC(=O)N(S)c1cccc2c1cnn2CC(C)C. The first kappa shape index (κ1) is 22.0. The number of methoxy groups -OCH3 is 1. The van der Waals surface area contributed by atoms with Crippen molar-refractivity contribution in [1.29, 1.82) is 0 Å². The number of benzene rings is 2. The molecule has 0 atom stereocenters. The Morgan fingerprint density at radius 1 is 1.30 bits per heavy atom.